The molecule has 27 heavy (non-hydrogen) atoms. The zero-order valence-corrected chi connectivity index (χ0v) is 15.3. The molecule has 0 aromatic heterocycles. The van der Waals surface area contributed by atoms with Crippen molar-refractivity contribution in [1.82, 2.24) is 10.2 Å². The molecule has 1 aromatic carbocycles. The number of hydrogen-bond donors (Lipinski definition) is 1. The Balaban J connectivity index is 1.46. The molecule has 0 atom stereocenters. The van der Waals surface area contributed by atoms with E-state index in [-0.39, 0.29) is 24.8 Å². The van der Waals surface area contributed by atoms with Gasteiger partial charge in [-0.05, 0) is 31.0 Å². The first-order valence-corrected chi connectivity index (χ1v) is 9.36. The molecule has 2 aliphatic heterocycles. The molecule has 3 aliphatic rings. The second kappa shape index (κ2) is 6.51. The van der Waals surface area contributed by atoms with Crippen LogP contribution in [-0.4, -0.2) is 55.0 Å². The summed E-state index contributed by atoms with van der Waals surface area (Å²) in [6, 6.07) is 3.96. The van der Waals surface area contributed by atoms with Crippen LogP contribution in [0.5, 0.6) is 0 Å². The maximum absolute atomic E-state index is 13.7. The highest BCUT2D eigenvalue weighted by molar-refractivity contribution is 6.07. The molecular formula is C19H23FN4O3. The molecule has 0 radical (unpaired) electrons. The molecular weight excluding hydrogens is 351 g/mol. The summed E-state index contributed by atoms with van der Waals surface area (Å²) >= 11 is 0. The molecule has 1 aliphatic carbocycles. The summed E-state index contributed by atoms with van der Waals surface area (Å²) in [6.07, 6.45) is 3.18. The van der Waals surface area contributed by atoms with Crippen molar-refractivity contribution in [2.45, 2.75) is 37.6 Å². The van der Waals surface area contributed by atoms with Crippen molar-refractivity contribution >= 4 is 29.2 Å². The molecule has 4 rings (SSSR count). The van der Waals surface area contributed by atoms with Crippen molar-refractivity contribution < 1.29 is 18.8 Å². The Labute approximate surface area is 157 Å². The highest BCUT2D eigenvalue weighted by atomic mass is 19.1. The van der Waals surface area contributed by atoms with Gasteiger partial charge in [-0.25, -0.2) is 9.18 Å². The minimum Gasteiger partial charge on any atom is -0.371 e. The maximum atomic E-state index is 13.7. The summed E-state index contributed by atoms with van der Waals surface area (Å²) in [4.78, 5) is 42.4. The zero-order chi connectivity index (χ0) is 19.2. The number of rotatable bonds is 3. The van der Waals surface area contributed by atoms with Gasteiger partial charge in [-0.2, -0.15) is 0 Å². The first-order chi connectivity index (χ1) is 12.9. The van der Waals surface area contributed by atoms with Crippen LogP contribution in [0.3, 0.4) is 0 Å². The van der Waals surface area contributed by atoms with E-state index >= 15 is 0 Å². The number of nitrogens with zero attached hydrogens (tertiary/aromatic N) is 3. The van der Waals surface area contributed by atoms with Crippen LogP contribution in [-0.2, 0) is 9.59 Å². The van der Waals surface area contributed by atoms with Crippen molar-refractivity contribution in [3.05, 3.63) is 24.0 Å². The summed E-state index contributed by atoms with van der Waals surface area (Å²) < 4.78 is 13.7. The Hall–Kier alpha value is -2.64. The number of nitrogens with one attached hydrogen (secondary N) is 1. The smallest absolute Gasteiger partial charge is 0.325 e. The van der Waals surface area contributed by atoms with Crippen LogP contribution in [0.2, 0.25) is 0 Å². The third-order valence-electron chi connectivity index (χ3n) is 5.85. The van der Waals surface area contributed by atoms with E-state index in [0.717, 1.165) is 23.4 Å². The Morgan fingerprint density at radius 3 is 2.67 bits per heavy atom. The molecule has 8 heteroatoms. The van der Waals surface area contributed by atoms with E-state index in [1.807, 2.05) is 11.9 Å². The lowest BCUT2D eigenvalue weighted by Crippen LogP contribution is -2.45. The lowest BCUT2D eigenvalue weighted by atomic mass is 9.98. The van der Waals surface area contributed by atoms with E-state index in [1.54, 1.807) is 11.0 Å². The summed E-state index contributed by atoms with van der Waals surface area (Å²) in [7, 11) is 1.90. The highest BCUT2D eigenvalue weighted by Gasteiger charge is 2.52. The Morgan fingerprint density at radius 1 is 1.19 bits per heavy atom. The monoisotopic (exact) mass is 374 g/mol. The molecule has 4 amide bonds. The number of imide groups is 1. The fourth-order valence-corrected chi connectivity index (χ4v) is 4.32. The molecule has 1 spiro atoms. The van der Waals surface area contributed by atoms with Crippen LogP contribution in [0.15, 0.2) is 18.2 Å². The number of carbonyl (C=O) groups excluding carboxylic acids is 3. The number of hydrogen-bond acceptors (Lipinski definition) is 4. The largest absolute Gasteiger partial charge is 0.371 e. The minimum absolute atomic E-state index is 0.0227. The van der Waals surface area contributed by atoms with Crippen molar-refractivity contribution in [1.29, 1.82) is 0 Å². The molecule has 0 unspecified atom stereocenters. The van der Waals surface area contributed by atoms with Gasteiger partial charge in [-0.3, -0.25) is 14.5 Å². The predicted molar refractivity (Wildman–Crippen MR) is 98.1 cm³/mol. The molecule has 144 valence electrons. The molecule has 1 saturated carbocycles. The minimum atomic E-state index is -0.760. The molecule has 1 saturated heterocycles. The summed E-state index contributed by atoms with van der Waals surface area (Å²) in [5.74, 6) is -0.843. The lowest BCUT2D eigenvalue weighted by Gasteiger charge is -2.35. The molecule has 1 N–H and O–H groups in total. The number of benzene rings is 1. The third kappa shape index (κ3) is 2.93. The summed E-state index contributed by atoms with van der Waals surface area (Å²) in [6.45, 7) is 1.12. The molecule has 0 bridgehead atoms. The number of likely N-dealkylation sites (N-methyl/N-ethyl adjacent to an activating group) is 1. The van der Waals surface area contributed by atoms with Crippen molar-refractivity contribution in [2.75, 3.05) is 36.5 Å². The Kier molecular flexibility index (Phi) is 4.28. The highest BCUT2D eigenvalue weighted by Crippen LogP contribution is 2.36. The van der Waals surface area contributed by atoms with Gasteiger partial charge in [-0.15, -0.1) is 0 Å². The van der Waals surface area contributed by atoms with E-state index in [1.165, 1.54) is 12.1 Å². The van der Waals surface area contributed by atoms with Crippen LogP contribution in [0.1, 0.15) is 32.1 Å². The van der Waals surface area contributed by atoms with E-state index < -0.39 is 17.4 Å². The number of halogens is 1. The summed E-state index contributed by atoms with van der Waals surface area (Å²) in [5, 5.41) is 2.82. The van der Waals surface area contributed by atoms with Crippen molar-refractivity contribution in [2.24, 2.45) is 0 Å². The van der Waals surface area contributed by atoms with E-state index in [2.05, 4.69) is 5.32 Å². The van der Waals surface area contributed by atoms with Gasteiger partial charge in [-0.1, -0.05) is 12.8 Å². The van der Waals surface area contributed by atoms with Crippen LogP contribution in [0.25, 0.3) is 0 Å². The van der Waals surface area contributed by atoms with E-state index in [0.29, 0.717) is 31.6 Å². The normalized spacial score (nSPS) is 21.0. The lowest BCUT2D eigenvalue weighted by molar-refractivity contribution is -0.131. The maximum Gasteiger partial charge on any atom is 0.325 e. The molecule has 7 nitrogen and oxygen atoms in total. The Bertz CT molecular complexity index is 806. The van der Waals surface area contributed by atoms with Gasteiger partial charge in [0, 0.05) is 33.1 Å². The second-order valence-electron chi connectivity index (χ2n) is 7.53. The van der Waals surface area contributed by atoms with Gasteiger partial charge >= 0.3 is 6.03 Å². The average molecular weight is 374 g/mol. The summed E-state index contributed by atoms with van der Waals surface area (Å²) in [5.41, 5.74) is 0.554. The van der Waals surface area contributed by atoms with E-state index in [4.69, 9.17) is 0 Å². The van der Waals surface area contributed by atoms with Crippen LogP contribution >= 0.6 is 0 Å². The van der Waals surface area contributed by atoms with Gasteiger partial charge in [0.25, 0.3) is 5.91 Å². The van der Waals surface area contributed by atoms with Gasteiger partial charge in [0.2, 0.25) is 5.91 Å². The van der Waals surface area contributed by atoms with Crippen molar-refractivity contribution in [3.8, 4) is 0 Å². The molecule has 1 aromatic rings. The number of amides is 4. The van der Waals surface area contributed by atoms with Gasteiger partial charge < -0.3 is 15.1 Å². The number of urea groups is 1. The quantitative estimate of drug-likeness (QED) is 0.820. The SMILES string of the molecule is CN1CCN(C(=O)CCN2C(=O)NC3(CCCC3)C2=O)c2cc(F)ccc21. The van der Waals surface area contributed by atoms with Gasteiger partial charge in [0.15, 0.2) is 0 Å². The zero-order valence-electron chi connectivity index (χ0n) is 15.3. The first kappa shape index (κ1) is 17.8. The van der Waals surface area contributed by atoms with Crippen molar-refractivity contribution in [3.63, 3.8) is 0 Å². The molecule has 2 fully saturated rings. The van der Waals surface area contributed by atoms with Crippen LogP contribution < -0.4 is 15.1 Å². The number of carbonyl (C=O) groups is 3. The fourth-order valence-electron chi connectivity index (χ4n) is 4.32. The standard InChI is InChI=1S/C19H23FN4O3/c1-22-10-11-23(15-12-13(20)4-5-14(15)22)16(25)6-9-24-17(26)19(21-18(24)27)7-2-3-8-19/h4-5,12H,2-3,6-11H2,1H3,(H,21,27). The van der Waals surface area contributed by atoms with Gasteiger partial charge in [0.05, 0.1) is 11.4 Å². The predicted octanol–water partition coefficient (Wildman–Crippen LogP) is 1.86. The number of fused-ring (bicyclic) bond motifs is 1. The second-order valence-corrected chi connectivity index (χ2v) is 7.53. The van der Waals surface area contributed by atoms with E-state index in [9.17, 15) is 18.8 Å². The Morgan fingerprint density at radius 2 is 1.93 bits per heavy atom. The molecule has 2 heterocycles. The van der Waals surface area contributed by atoms with Crippen LogP contribution in [0, 0.1) is 5.82 Å². The fraction of sp³-hybridized carbons (Fsp3) is 0.526. The number of anilines is 2. The van der Waals surface area contributed by atoms with Gasteiger partial charge in [0.1, 0.15) is 11.4 Å². The first-order valence-electron chi connectivity index (χ1n) is 9.36. The third-order valence-corrected chi connectivity index (χ3v) is 5.85. The van der Waals surface area contributed by atoms with Crippen LogP contribution in [0.4, 0.5) is 20.6 Å². The topological polar surface area (TPSA) is 73.0 Å². The average Bonchev–Trinajstić information content (AvgIpc) is 3.19.